The van der Waals surface area contributed by atoms with Gasteiger partial charge in [-0.1, -0.05) is 12.1 Å². The minimum absolute atomic E-state index is 0.654. The monoisotopic (exact) mass is 375 g/mol. The molecule has 7 nitrogen and oxygen atoms in total. The number of aromatic nitrogens is 2. The van der Waals surface area contributed by atoms with Crippen LogP contribution in [0.3, 0.4) is 0 Å². The van der Waals surface area contributed by atoms with E-state index in [-0.39, 0.29) is 0 Å². The zero-order valence-electron chi connectivity index (χ0n) is 15.5. The Labute approximate surface area is 163 Å². The summed E-state index contributed by atoms with van der Waals surface area (Å²) in [6.45, 7) is 6.88. The maximum Gasteiger partial charge on any atom is 0.158 e. The summed E-state index contributed by atoms with van der Waals surface area (Å²) < 4.78 is 10.4. The molecule has 2 saturated heterocycles. The number of hydrogen-bond acceptors (Lipinski definition) is 7. The van der Waals surface area contributed by atoms with Gasteiger partial charge in [0, 0.05) is 38.6 Å². The van der Waals surface area contributed by atoms with Crippen LogP contribution in [0.1, 0.15) is 5.56 Å². The van der Waals surface area contributed by atoms with Gasteiger partial charge in [-0.05, 0) is 45.7 Å². The molecule has 0 saturated carbocycles. The van der Waals surface area contributed by atoms with Crippen LogP contribution in [0, 0.1) is 17.2 Å². The van der Waals surface area contributed by atoms with Crippen LogP contribution in [0.25, 0.3) is 22.2 Å². The predicted octanol–water partition coefficient (Wildman–Crippen LogP) is 2.53. The molecule has 2 aromatic carbocycles. The van der Waals surface area contributed by atoms with Crippen molar-refractivity contribution in [2.75, 3.05) is 50.8 Å². The number of nitriles is 1. The predicted molar refractivity (Wildman–Crippen MR) is 105 cm³/mol. The van der Waals surface area contributed by atoms with E-state index in [9.17, 15) is 0 Å². The van der Waals surface area contributed by atoms with Crippen molar-refractivity contribution in [3.05, 3.63) is 42.0 Å². The van der Waals surface area contributed by atoms with Crippen molar-refractivity contribution in [3.8, 4) is 17.2 Å². The molecule has 0 spiro atoms. The molecular weight excluding hydrogens is 354 g/mol. The first kappa shape index (κ1) is 17.2. The van der Waals surface area contributed by atoms with Crippen molar-refractivity contribution in [3.63, 3.8) is 0 Å². The van der Waals surface area contributed by atoms with Gasteiger partial charge in [-0.3, -0.25) is 4.90 Å². The van der Waals surface area contributed by atoms with E-state index in [0.29, 0.717) is 11.5 Å². The summed E-state index contributed by atoms with van der Waals surface area (Å²) in [5.41, 5.74) is 5.39. The molecule has 0 atom stereocenters. The van der Waals surface area contributed by atoms with Crippen LogP contribution in [0.5, 0.6) is 0 Å². The van der Waals surface area contributed by atoms with E-state index in [4.69, 9.17) is 14.6 Å². The summed E-state index contributed by atoms with van der Waals surface area (Å²) >= 11 is 0. The van der Waals surface area contributed by atoms with Gasteiger partial charge >= 0.3 is 0 Å². The molecule has 3 heterocycles. The zero-order chi connectivity index (χ0) is 18.9. The summed E-state index contributed by atoms with van der Waals surface area (Å²) in [6, 6.07) is 13.9. The molecule has 2 aliphatic heterocycles. The van der Waals surface area contributed by atoms with E-state index in [0.717, 1.165) is 73.8 Å². The quantitative estimate of drug-likeness (QED) is 0.693. The fourth-order valence-corrected chi connectivity index (χ4v) is 4.05. The van der Waals surface area contributed by atoms with E-state index in [2.05, 4.69) is 32.2 Å². The summed E-state index contributed by atoms with van der Waals surface area (Å²) in [6.07, 6.45) is 0. The Balaban J connectivity index is 1.37. The lowest BCUT2D eigenvalue weighted by Crippen LogP contribution is -2.53. The lowest BCUT2D eigenvalue weighted by molar-refractivity contribution is 0.0286. The number of hydrogen-bond donors (Lipinski definition) is 0. The average Bonchev–Trinajstić information content (AvgIpc) is 3.19. The molecule has 2 aliphatic rings. The second kappa shape index (κ2) is 7.23. The van der Waals surface area contributed by atoms with Crippen molar-refractivity contribution >= 4 is 16.7 Å². The van der Waals surface area contributed by atoms with Gasteiger partial charge in [0.05, 0.1) is 30.5 Å². The SMILES string of the molecule is N#Cc1ccc(-c2cc(N3CC(CN4CCOCC4)C3)c3nonc3c2)cc1. The first-order chi connectivity index (χ1) is 13.8. The summed E-state index contributed by atoms with van der Waals surface area (Å²) in [7, 11) is 0. The topological polar surface area (TPSA) is 78.4 Å². The maximum absolute atomic E-state index is 9.01. The first-order valence-electron chi connectivity index (χ1n) is 9.62. The van der Waals surface area contributed by atoms with Gasteiger partial charge in [0.2, 0.25) is 0 Å². The van der Waals surface area contributed by atoms with Crippen LogP contribution in [0.2, 0.25) is 0 Å². The molecule has 0 N–H and O–H groups in total. The molecule has 0 radical (unpaired) electrons. The third kappa shape index (κ3) is 3.21. The van der Waals surface area contributed by atoms with E-state index in [1.165, 1.54) is 0 Å². The zero-order valence-corrected chi connectivity index (χ0v) is 15.5. The Kier molecular flexibility index (Phi) is 4.43. The van der Waals surface area contributed by atoms with Gasteiger partial charge in [0.25, 0.3) is 0 Å². The molecule has 0 unspecified atom stereocenters. The second-order valence-electron chi connectivity index (χ2n) is 7.50. The maximum atomic E-state index is 9.01. The number of nitrogens with zero attached hydrogens (tertiary/aromatic N) is 5. The van der Waals surface area contributed by atoms with Gasteiger partial charge in [-0.2, -0.15) is 5.26 Å². The Hall–Kier alpha value is -2.95. The standard InChI is InChI=1S/C21H21N5O2/c22-11-15-1-3-17(4-2-15)18-9-19-21(24-28-23-19)20(10-18)26-13-16(14-26)12-25-5-7-27-8-6-25/h1-4,9-10,16H,5-8,12-14H2. The molecule has 28 heavy (non-hydrogen) atoms. The fourth-order valence-electron chi connectivity index (χ4n) is 4.05. The third-order valence-electron chi connectivity index (χ3n) is 5.61. The highest BCUT2D eigenvalue weighted by molar-refractivity contribution is 5.93. The van der Waals surface area contributed by atoms with Gasteiger partial charge in [0.1, 0.15) is 5.52 Å². The summed E-state index contributed by atoms with van der Waals surface area (Å²) in [4.78, 5) is 4.84. The Morgan fingerprint density at radius 1 is 1.04 bits per heavy atom. The minimum atomic E-state index is 0.654. The molecule has 7 heteroatoms. The smallest absolute Gasteiger partial charge is 0.158 e. The average molecular weight is 375 g/mol. The highest BCUT2D eigenvalue weighted by atomic mass is 16.6. The highest BCUT2D eigenvalue weighted by Crippen LogP contribution is 2.35. The molecule has 142 valence electrons. The van der Waals surface area contributed by atoms with Gasteiger partial charge in [-0.25, -0.2) is 4.63 Å². The Morgan fingerprint density at radius 3 is 2.57 bits per heavy atom. The molecular formula is C21H21N5O2. The van der Waals surface area contributed by atoms with Crippen LogP contribution >= 0.6 is 0 Å². The van der Waals surface area contributed by atoms with E-state index < -0.39 is 0 Å². The second-order valence-corrected chi connectivity index (χ2v) is 7.50. The molecule has 0 bridgehead atoms. The van der Waals surface area contributed by atoms with E-state index in [1.807, 2.05) is 30.3 Å². The van der Waals surface area contributed by atoms with Crippen molar-refractivity contribution in [1.29, 1.82) is 5.26 Å². The Bertz CT molecular complexity index is 1010. The first-order valence-corrected chi connectivity index (χ1v) is 9.62. The largest absolute Gasteiger partial charge is 0.379 e. The number of rotatable bonds is 4. The van der Waals surface area contributed by atoms with Crippen molar-refractivity contribution in [1.82, 2.24) is 15.2 Å². The number of anilines is 1. The van der Waals surface area contributed by atoms with Gasteiger partial charge < -0.3 is 9.64 Å². The van der Waals surface area contributed by atoms with E-state index in [1.54, 1.807) is 0 Å². The molecule has 0 amide bonds. The number of ether oxygens (including phenoxy) is 1. The highest BCUT2D eigenvalue weighted by Gasteiger charge is 2.31. The molecule has 2 fully saturated rings. The van der Waals surface area contributed by atoms with Crippen LogP contribution < -0.4 is 4.90 Å². The molecule has 0 aliphatic carbocycles. The lowest BCUT2D eigenvalue weighted by Gasteiger charge is -2.43. The van der Waals surface area contributed by atoms with Crippen LogP contribution in [0.15, 0.2) is 41.0 Å². The van der Waals surface area contributed by atoms with Crippen LogP contribution in [-0.2, 0) is 4.74 Å². The normalized spacial score (nSPS) is 18.2. The molecule has 5 rings (SSSR count). The van der Waals surface area contributed by atoms with Crippen LogP contribution in [-0.4, -0.2) is 61.2 Å². The lowest BCUT2D eigenvalue weighted by atomic mass is 9.96. The summed E-state index contributed by atoms with van der Waals surface area (Å²) in [5.74, 6) is 0.659. The van der Waals surface area contributed by atoms with E-state index >= 15 is 0 Å². The van der Waals surface area contributed by atoms with Crippen LogP contribution in [0.4, 0.5) is 5.69 Å². The van der Waals surface area contributed by atoms with Gasteiger partial charge in [0.15, 0.2) is 5.52 Å². The molecule has 1 aromatic heterocycles. The Morgan fingerprint density at radius 2 is 1.82 bits per heavy atom. The number of benzene rings is 2. The minimum Gasteiger partial charge on any atom is -0.379 e. The van der Waals surface area contributed by atoms with Crippen molar-refractivity contribution < 1.29 is 9.37 Å². The number of fused-ring (bicyclic) bond motifs is 1. The fraction of sp³-hybridized carbons (Fsp3) is 0.381. The van der Waals surface area contributed by atoms with Crippen molar-refractivity contribution in [2.45, 2.75) is 0 Å². The summed E-state index contributed by atoms with van der Waals surface area (Å²) in [5, 5.41) is 17.2. The third-order valence-corrected chi connectivity index (χ3v) is 5.61. The van der Waals surface area contributed by atoms with Crippen molar-refractivity contribution in [2.24, 2.45) is 5.92 Å². The molecule has 3 aromatic rings. The number of morpholine rings is 1. The van der Waals surface area contributed by atoms with Gasteiger partial charge in [-0.15, -0.1) is 0 Å².